The van der Waals surface area contributed by atoms with Crippen LogP contribution in [0.3, 0.4) is 0 Å². The van der Waals surface area contributed by atoms with Crippen LogP contribution in [0.4, 0.5) is 5.69 Å². The van der Waals surface area contributed by atoms with Crippen LogP contribution in [0.5, 0.6) is 0 Å². The molecule has 1 unspecified atom stereocenters. The van der Waals surface area contributed by atoms with E-state index in [0.29, 0.717) is 5.76 Å². The number of rotatable bonds is 3. The van der Waals surface area contributed by atoms with Crippen molar-refractivity contribution in [2.45, 2.75) is 44.8 Å². The van der Waals surface area contributed by atoms with Crippen LogP contribution in [0.25, 0.3) is 0 Å². The van der Waals surface area contributed by atoms with Crippen LogP contribution in [0, 0.1) is 0 Å². The number of hydrogen-bond donors (Lipinski definition) is 0. The average molecular weight is 329 g/mol. The van der Waals surface area contributed by atoms with Crippen molar-refractivity contribution >= 4 is 24.2 Å². The smallest absolute Gasteiger partial charge is 0.534 e. The predicted octanol–water partition coefficient (Wildman–Crippen LogP) is 2.25. The second-order valence-corrected chi connectivity index (χ2v) is 6.82. The van der Waals surface area contributed by atoms with Gasteiger partial charge in [0.05, 0.1) is 12.9 Å². The molecule has 1 atom stereocenters. The van der Waals surface area contributed by atoms with E-state index in [2.05, 4.69) is 11.5 Å². The molecule has 6 heteroatoms. The van der Waals surface area contributed by atoms with E-state index in [1.165, 1.54) is 7.11 Å². The van der Waals surface area contributed by atoms with Gasteiger partial charge < -0.3 is 18.9 Å². The van der Waals surface area contributed by atoms with Gasteiger partial charge in [-0.15, -0.1) is 0 Å². The highest BCUT2D eigenvalue weighted by atomic mass is 16.7. The summed E-state index contributed by atoms with van der Waals surface area (Å²) in [6.45, 7) is 8.65. The van der Waals surface area contributed by atoms with Crippen molar-refractivity contribution in [1.82, 2.24) is 0 Å². The first-order chi connectivity index (χ1) is 11.4. The Morgan fingerprint density at radius 1 is 1.42 bits per heavy atom. The quantitative estimate of drug-likeness (QED) is 0.629. The fraction of sp³-hybridized carbons (Fsp3) is 0.500. The summed E-state index contributed by atoms with van der Waals surface area (Å²) in [5.41, 5.74) is 1.42. The summed E-state index contributed by atoms with van der Waals surface area (Å²) in [5, 5.41) is 0. The number of methoxy groups -OCH3 is 1. The Labute approximate surface area is 143 Å². The molecule has 0 bridgehead atoms. The lowest BCUT2D eigenvalue weighted by Gasteiger charge is -2.35. The summed E-state index contributed by atoms with van der Waals surface area (Å²) in [6, 6.07) is 7.75. The topological polar surface area (TPSA) is 48.0 Å². The molecular weight excluding hydrogens is 305 g/mol. The number of benzene rings is 1. The number of hydrogen-bond acceptors (Lipinski definition) is 5. The Balaban J connectivity index is 1.85. The highest BCUT2D eigenvalue weighted by Crippen LogP contribution is 2.30. The Bertz CT molecular complexity index is 646. The maximum absolute atomic E-state index is 12.1. The second kappa shape index (κ2) is 6.51. The van der Waals surface area contributed by atoms with Crippen molar-refractivity contribution in [3.05, 3.63) is 36.6 Å². The first-order valence-electron chi connectivity index (χ1n) is 8.40. The van der Waals surface area contributed by atoms with Gasteiger partial charge in [-0.3, -0.25) is 0 Å². The van der Waals surface area contributed by atoms with Gasteiger partial charge in [0.25, 0.3) is 0 Å². The largest absolute Gasteiger partial charge is 0.563 e. The van der Waals surface area contributed by atoms with Crippen molar-refractivity contribution in [2.24, 2.45) is 0 Å². The number of piperidine rings is 1. The predicted molar refractivity (Wildman–Crippen MR) is 94.2 cm³/mol. The molecule has 3 rings (SSSR count). The van der Waals surface area contributed by atoms with Crippen LogP contribution in [0.2, 0.25) is 0 Å². The first-order valence-corrected chi connectivity index (χ1v) is 8.40. The average Bonchev–Trinajstić information content (AvgIpc) is 2.87. The van der Waals surface area contributed by atoms with Gasteiger partial charge in [0.1, 0.15) is 11.6 Å². The Hall–Kier alpha value is -1.95. The van der Waals surface area contributed by atoms with Gasteiger partial charge in [0.15, 0.2) is 0 Å². The van der Waals surface area contributed by atoms with Gasteiger partial charge in [-0.05, 0) is 50.7 Å². The molecule has 0 N–H and O–H groups in total. The molecule has 0 radical (unpaired) electrons. The Morgan fingerprint density at radius 2 is 2.21 bits per heavy atom. The first kappa shape index (κ1) is 16.9. The molecule has 0 saturated carbocycles. The van der Waals surface area contributed by atoms with Gasteiger partial charge in [-0.1, -0.05) is 18.7 Å². The minimum atomic E-state index is -0.500. The molecule has 2 heterocycles. The summed E-state index contributed by atoms with van der Waals surface area (Å²) in [7, 11) is 0.980. The summed E-state index contributed by atoms with van der Waals surface area (Å²) in [5.74, 6) is 0.450. The monoisotopic (exact) mass is 329 g/mol. The fourth-order valence-corrected chi connectivity index (χ4v) is 3.24. The minimum absolute atomic E-state index is 0.178. The SMILES string of the molecule is C=C1OB(c2cccc(N3CCCCC3C(=O)OC)c2)OC1(C)C. The van der Waals surface area contributed by atoms with Gasteiger partial charge in [0, 0.05) is 12.2 Å². The van der Waals surface area contributed by atoms with E-state index in [4.69, 9.17) is 14.0 Å². The highest BCUT2D eigenvalue weighted by Gasteiger charge is 2.43. The molecule has 5 nitrogen and oxygen atoms in total. The number of nitrogens with zero attached hydrogens (tertiary/aromatic N) is 1. The molecule has 0 aromatic heterocycles. The van der Waals surface area contributed by atoms with Crippen LogP contribution >= 0.6 is 0 Å². The van der Waals surface area contributed by atoms with Crippen LogP contribution in [0.1, 0.15) is 33.1 Å². The maximum atomic E-state index is 12.1. The maximum Gasteiger partial charge on any atom is 0.563 e. The molecule has 1 aromatic rings. The second-order valence-electron chi connectivity index (χ2n) is 6.82. The summed E-state index contributed by atoms with van der Waals surface area (Å²) >= 11 is 0. The van der Waals surface area contributed by atoms with E-state index in [9.17, 15) is 4.79 Å². The zero-order chi connectivity index (χ0) is 17.3. The van der Waals surface area contributed by atoms with Crippen molar-refractivity contribution in [1.29, 1.82) is 0 Å². The van der Waals surface area contributed by atoms with E-state index < -0.39 is 12.7 Å². The molecule has 24 heavy (non-hydrogen) atoms. The molecular formula is C18H24BNO4. The molecule has 0 spiro atoms. The molecule has 2 aliphatic heterocycles. The van der Waals surface area contributed by atoms with E-state index in [-0.39, 0.29) is 12.0 Å². The zero-order valence-electron chi connectivity index (χ0n) is 14.6. The third-order valence-corrected chi connectivity index (χ3v) is 4.77. The van der Waals surface area contributed by atoms with E-state index in [0.717, 1.165) is 37.0 Å². The lowest BCUT2D eigenvalue weighted by Crippen LogP contribution is -2.46. The van der Waals surface area contributed by atoms with Crippen LogP contribution in [-0.2, 0) is 18.8 Å². The van der Waals surface area contributed by atoms with Crippen LogP contribution in [0.15, 0.2) is 36.6 Å². The third-order valence-electron chi connectivity index (χ3n) is 4.77. The number of carbonyl (C=O) groups excluding carboxylic acids is 1. The van der Waals surface area contributed by atoms with Gasteiger partial charge >= 0.3 is 13.1 Å². The highest BCUT2D eigenvalue weighted by molar-refractivity contribution is 6.62. The van der Waals surface area contributed by atoms with Gasteiger partial charge in [-0.25, -0.2) is 4.79 Å². The van der Waals surface area contributed by atoms with Gasteiger partial charge in [-0.2, -0.15) is 0 Å². The lowest BCUT2D eigenvalue weighted by atomic mass is 9.79. The van der Waals surface area contributed by atoms with Crippen LogP contribution < -0.4 is 10.4 Å². The molecule has 2 aliphatic rings. The third kappa shape index (κ3) is 3.15. The van der Waals surface area contributed by atoms with E-state index in [1.54, 1.807) is 0 Å². The fourth-order valence-electron chi connectivity index (χ4n) is 3.24. The van der Waals surface area contributed by atoms with E-state index in [1.807, 2.05) is 38.1 Å². The minimum Gasteiger partial charge on any atom is -0.534 e. The van der Waals surface area contributed by atoms with Crippen LogP contribution in [-0.4, -0.2) is 38.4 Å². The van der Waals surface area contributed by atoms with Crippen molar-refractivity contribution in [3.8, 4) is 0 Å². The molecule has 2 saturated heterocycles. The molecule has 0 amide bonds. The van der Waals surface area contributed by atoms with Crippen molar-refractivity contribution in [2.75, 3.05) is 18.6 Å². The van der Waals surface area contributed by atoms with Crippen molar-refractivity contribution < 1.29 is 18.8 Å². The van der Waals surface area contributed by atoms with Crippen molar-refractivity contribution in [3.63, 3.8) is 0 Å². The van der Waals surface area contributed by atoms with Gasteiger partial charge in [0.2, 0.25) is 0 Å². The molecule has 2 fully saturated rings. The number of carbonyl (C=O) groups is 1. The summed E-state index contributed by atoms with van der Waals surface area (Å²) in [6.07, 6.45) is 2.92. The number of esters is 1. The Kier molecular flexibility index (Phi) is 4.59. The normalized spacial score (nSPS) is 23.1. The Morgan fingerprint density at radius 3 is 2.88 bits per heavy atom. The number of ether oxygens (including phenoxy) is 1. The van der Waals surface area contributed by atoms with E-state index >= 15 is 0 Å². The molecule has 128 valence electrons. The number of anilines is 1. The lowest BCUT2D eigenvalue weighted by molar-refractivity contribution is -0.142. The molecule has 1 aromatic carbocycles. The summed E-state index contributed by atoms with van der Waals surface area (Å²) < 4.78 is 16.7. The zero-order valence-corrected chi connectivity index (χ0v) is 14.6. The standard InChI is InChI=1S/C18H24BNO4/c1-13-18(2,3)24-19(23-13)14-8-7-9-15(12-14)20-11-6-5-10-16(20)17(21)22-4/h7-9,12,16H,1,5-6,10-11H2,2-4H3. The summed E-state index contributed by atoms with van der Waals surface area (Å²) in [4.78, 5) is 14.2. The molecule has 0 aliphatic carbocycles.